The fourth-order valence-corrected chi connectivity index (χ4v) is 2.07. The molecule has 0 fully saturated rings. The molecular formula is C14H19NO. The van der Waals surface area contributed by atoms with E-state index in [0.717, 1.165) is 13.2 Å². The van der Waals surface area contributed by atoms with Crippen molar-refractivity contribution in [1.82, 2.24) is 4.57 Å². The van der Waals surface area contributed by atoms with Gasteiger partial charge in [-0.1, -0.05) is 12.1 Å². The zero-order valence-electron chi connectivity index (χ0n) is 10.3. The second-order valence-electron chi connectivity index (χ2n) is 4.10. The van der Waals surface area contributed by atoms with E-state index in [0.29, 0.717) is 6.61 Å². The zero-order valence-corrected chi connectivity index (χ0v) is 10.3. The van der Waals surface area contributed by atoms with Crippen LogP contribution in [-0.2, 0) is 17.9 Å². The Balaban J connectivity index is 2.50. The van der Waals surface area contributed by atoms with Gasteiger partial charge in [0.15, 0.2) is 0 Å². The van der Waals surface area contributed by atoms with Crippen molar-refractivity contribution in [1.29, 1.82) is 0 Å². The van der Waals surface area contributed by atoms with Crippen molar-refractivity contribution in [2.45, 2.75) is 33.9 Å². The maximum Gasteiger partial charge on any atom is 0.0737 e. The first-order valence-electron chi connectivity index (χ1n) is 5.92. The van der Waals surface area contributed by atoms with Crippen molar-refractivity contribution in [2.24, 2.45) is 0 Å². The summed E-state index contributed by atoms with van der Waals surface area (Å²) in [6.45, 7) is 8.82. The summed E-state index contributed by atoms with van der Waals surface area (Å²) in [5, 5.41) is 1.32. The number of fused-ring (bicyclic) bond motifs is 1. The summed E-state index contributed by atoms with van der Waals surface area (Å²) in [5.41, 5.74) is 3.92. The highest BCUT2D eigenvalue weighted by Gasteiger charge is 2.07. The van der Waals surface area contributed by atoms with Gasteiger partial charge in [-0.05, 0) is 32.4 Å². The summed E-state index contributed by atoms with van der Waals surface area (Å²) < 4.78 is 7.79. The molecule has 0 unspecified atom stereocenters. The molecule has 1 aromatic carbocycles. The summed E-state index contributed by atoms with van der Waals surface area (Å²) in [7, 11) is 0. The molecule has 2 heteroatoms. The number of ether oxygens (including phenoxy) is 1. The Bertz CT molecular complexity index is 485. The normalized spacial score (nSPS) is 11.2. The first kappa shape index (κ1) is 11.2. The molecule has 0 atom stereocenters. The second-order valence-corrected chi connectivity index (χ2v) is 4.10. The third-order valence-electron chi connectivity index (χ3n) is 2.92. The monoisotopic (exact) mass is 217 g/mol. The maximum absolute atomic E-state index is 5.50. The summed E-state index contributed by atoms with van der Waals surface area (Å²) in [6.07, 6.45) is 2.21. The number of benzene rings is 1. The number of rotatable bonds is 4. The van der Waals surface area contributed by atoms with E-state index in [2.05, 4.69) is 42.8 Å². The molecule has 1 aromatic heterocycles. The SMILES string of the molecule is CCOCc1cn(CC)c2cc(C)ccc12. The van der Waals surface area contributed by atoms with Crippen LogP contribution in [0.2, 0.25) is 0 Å². The van der Waals surface area contributed by atoms with Gasteiger partial charge in [-0.3, -0.25) is 0 Å². The van der Waals surface area contributed by atoms with Crippen LogP contribution in [0.1, 0.15) is 25.0 Å². The number of aromatic nitrogens is 1. The summed E-state index contributed by atoms with van der Waals surface area (Å²) in [5.74, 6) is 0. The molecule has 0 spiro atoms. The summed E-state index contributed by atoms with van der Waals surface area (Å²) >= 11 is 0. The molecule has 0 bridgehead atoms. The predicted molar refractivity (Wildman–Crippen MR) is 67.7 cm³/mol. The first-order valence-corrected chi connectivity index (χ1v) is 5.92. The van der Waals surface area contributed by atoms with Crippen molar-refractivity contribution in [3.05, 3.63) is 35.5 Å². The third kappa shape index (κ3) is 1.98. The average molecular weight is 217 g/mol. The molecular weight excluding hydrogens is 198 g/mol. The largest absolute Gasteiger partial charge is 0.377 e. The Morgan fingerprint density at radius 2 is 2.06 bits per heavy atom. The Hall–Kier alpha value is -1.28. The molecule has 0 N–H and O–H groups in total. The highest BCUT2D eigenvalue weighted by atomic mass is 16.5. The van der Waals surface area contributed by atoms with E-state index in [1.165, 1.54) is 22.0 Å². The van der Waals surface area contributed by atoms with Gasteiger partial charge in [0.1, 0.15) is 0 Å². The Morgan fingerprint density at radius 1 is 1.25 bits per heavy atom. The average Bonchev–Trinajstić information content (AvgIpc) is 2.63. The smallest absolute Gasteiger partial charge is 0.0737 e. The molecule has 2 rings (SSSR count). The van der Waals surface area contributed by atoms with E-state index in [9.17, 15) is 0 Å². The number of aryl methyl sites for hydroxylation is 2. The fourth-order valence-electron chi connectivity index (χ4n) is 2.07. The van der Waals surface area contributed by atoms with E-state index >= 15 is 0 Å². The number of nitrogens with zero attached hydrogens (tertiary/aromatic N) is 1. The van der Waals surface area contributed by atoms with Crippen molar-refractivity contribution >= 4 is 10.9 Å². The van der Waals surface area contributed by atoms with Crippen molar-refractivity contribution in [3.63, 3.8) is 0 Å². The van der Waals surface area contributed by atoms with Gasteiger partial charge >= 0.3 is 0 Å². The molecule has 0 amide bonds. The number of hydrogen-bond acceptors (Lipinski definition) is 1. The quantitative estimate of drug-likeness (QED) is 0.764. The molecule has 86 valence electrons. The van der Waals surface area contributed by atoms with Crippen LogP contribution in [0.5, 0.6) is 0 Å². The molecule has 0 aliphatic carbocycles. The lowest BCUT2D eigenvalue weighted by Crippen LogP contribution is -1.92. The van der Waals surface area contributed by atoms with E-state index in [1.807, 2.05) is 6.92 Å². The molecule has 0 aliphatic heterocycles. The molecule has 0 aliphatic rings. The van der Waals surface area contributed by atoms with E-state index in [-0.39, 0.29) is 0 Å². The molecule has 1 heterocycles. The summed E-state index contributed by atoms with van der Waals surface area (Å²) in [6, 6.07) is 6.61. The van der Waals surface area contributed by atoms with Crippen LogP contribution in [0.25, 0.3) is 10.9 Å². The van der Waals surface area contributed by atoms with Crippen LogP contribution in [0.4, 0.5) is 0 Å². The van der Waals surface area contributed by atoms with Crippen LogP contribution in [0.3, 0.4) is 0 Å². The lowest BCUT2D eigenvalue weighted by Gasteiger charge is -2.01. The standard InChI is InChI=1S/C14H19NO/c1-4-15-9-12(10-16-5-2)13-7-6-11(3)8-14(13)15/h6-9H,4-5,10H2,1-3H3. The van der Waals surface area contributed by atoms with Crippen LogP contribution in [-0.4, -0.2) is 11.2 Å². The number of hydrogen-bond donors (Lipinski definition) is 0. The van der Waals surface area contributed by atoms with Crippen molar-refractivity contribution in [2.75, 3.05) is 6.61 Å². The van der Waals surface area contributed by atoms with Gasteiger partial charge in [0, 0.05) is 35.8 Å². The lowest BCUT2D eigenvalue weighted by atomic mass is 10.1. The van der Waals surface area contributed by atoms with Gasteiger partial charge in [-0.25, -0.2) is 0 Å². The topological polar surface area (TPSA) is 14.2 Å². The van der Waals surface area contributed by atoms with E-state index in [4.69, 9.17) is 4.74 Å². The molecule has 0 radical (unpaired) electrons. The van der Waals surface area contributed by atoms with E-state index in [1.54, 1.807) is 0 Å². The lowest BCUT2D eigenvalue weighted by molar-refractivity contribution is 0.135. The maximum atomic E-state index is 5.50. The highest BCUT2D eigenvalue weighted by molar-refractivity contribution is 5.84. The minimum atomic E-state index is 0.711. The van der Waals surface area contributed by atoms with Gasteiger partial charge in [0.2, 0.25) is 0 Å². The van der Waals surface area contributed by atoms with E-state index < -0.39 is 0 Å². The van der Waals surface area contributed by atoms with Gasteiger partial charge in [0.05, 0.1) is 6.61 Å². The Morgan fingerprint density at radius 3 is 2.75 bits per heavy atom. The van der Waals surface area contributed by atoms with Gasteiger partial charge < -0.3 is 9.30 Å². The van der Waals surface area contributed by atoms with Gasteiger partial charge in [-0.2, -0.15) is 0 Å². The highest BCUT2D eigenvalue weighted by Crippen LogP contribution is 2.23. The van der Waals surface area contributed by atoms with Crippen molar-refractivity contribution in [3.8, 4) is 0 Å². The van der Waals surface area contributed by atoms with Crippen LogP contribution >= 0.6 is 0 Å². The molecule has 2 aromatic rings. The molecule has 0 saturated carbocycles. The molecule has 16 heavy (non-hydrogen) atoms. The third-order valence-corrected chi connectivity index (χ3v) is 2.92. The van der Waals surface area contributed by atoms with Crippen LogP contribution < -0.4 is 0 Å². The minimum absolute atomic E-state index is 0.711. The van der Waals surface area contributed by atoms with Gasteiger partial charge in [-0.15, -0.1) is 0 Å². The Labute approximate surface area is 96.8 Å². The van der Waals surface area contributed by atoms with Crippen LogP contribution in [0.15, 0.2) is 24.4 Å². The van der Waals surface area contributed by atoms with Crippen LogP contribution in [0, 0.1) is 6.92 Å². The molecule has 2 nitrogen and oxygen atoms in total. The predicted octanol–water partition coefficient (Wildman–Crippen LogP) is 3.51. The minimum Gasteiger partial charge on any atom is -0.377 e. The van der Waals surface area contributed by atoms with Gasteiger partial charge in [0.25, 0.3) is 0 Å². The fraction of sp³-hybridized carbons (Fsp3) is 0.429. The molecule has 0 saturated heterocycles. The summed E-state index contributed by atoms with van der Waals surface area (Å²) in [4.78, 5) is 0. The zero-order chi connectivity index (χ0) is 11.5. The first-order chi connectivity index (χ1) is 7.76. The van der Waals surface area contributed by atoms with Crippen molar-refractivity contribution < 1.29 is 4.74 Å². The Kier molecular flexibility index (Phi) is 3.30. The second kappa shape index (κ2) is 4.71.